The van der Waals surface area contributed by atoms with Gasteiger partial charge in [0.25, 0.3) is 0 Å². The number of hydrogen-bond acceptors (Lipinski definition) is 2. The summed E-state index contributed by atoms with van der Waals surface area (Å²) in [6.07, 6.45) is 17.7. The van der Waals surface area contributed by atoms with E-state index >= 15 is 0 Å². The van der Waals surface area contributed by atoms with Gasteiger partial charge in [-0.25, -0.2) is 0 Å². The highest BCUT2D eigenvalue weighted by Gasteiger charge is 2.19. The predicted octanol–water partition coefficient (Wildman–Crippen LogP) is 6.00. The highest BCUT2D eigenvalue weighted by atomic mass is 79.9. The molecule has 2 atom stereocenters. The minimum Gasteiger partial charge on any atom is -0.265 e. The van der Waals surface area contributed by atoms with E-state index in [1.165, 1.54) is 62.6 Å². The van der Waals surface area contributed by atoms with Gasteiger partial charge in [0.05, 0.1) is 5.69 Å². The zero-order valence-electron chi connectivity index (χ0n) is 14.3. The molecule has 2 heterocycles. The lowest BCUT2D eigenvalue weighted by Gasteiger charge is -2.15. The monoisotopic (exact) mass is 386 g/mol. The SMILES string of the molecule is Brc1cccnc1CCC1CCCC(CCc2ccncc2)CC1. The van der Waals surface area contributed by atoms with Crippen LogP contribution in [-0.2, 0) is 12.8 Å². The molecular weight excluding hydrogens is 360 g/mol. The maximum Gasteiger partial charge on any atom is 0.0545 e. The third kappa shape index (κ3) is 5.41. The molecule has 3 rings (SSSR count). The van der Waals surface area contributed by atoms with E-state index in [9.17, 15) is 0 Å². The van der Waals surface area contributed by atoms with Gasteiger partial charge in [0.2, 0.25) is 0 Å². The lowest BCUT2D eigenvalue weighted by atomic mass is 9.91. The van der Waals surface area contributed by atoms with Gasteiger partial charge in [0.15, 0.2) is 0 Å². The van der Waals surface area contributed by atoms with Gasteiger partial charge in [-0.3, -0.25) is 9.97 Å². The Balaban J connectivity index is 1.42. The molecule has 0 saturated heterocycles. The maximum absolute atomic E-state index is 4.51. The normalized spacial score (nSPS) is 21.4. The first kappa shape index (κ1) is 17.6. The molecule has 0 spiro atoms. The Morgan fingerprint density at radius 1 is 0.875 bits per heavy atom. The zero-order chi connectivity index (χ0) is 16.6. The fourth-order valence-corrected chi connectivity index (χ4v) is 4.35. The fraction of sp³-hybridized carbons (Fsp3) is 0.524. The number of nitrogens with zero attached hydrogens (tertiary/aromatic N) is 2. The highest BCUT2D eigenvalue weighted by molar-refractivity contribution is 9.10. The minimum atomic E-state index is 0.879. The molecule has 1 saturated carbocycles. The van der Waals surface area contributed by atoms with Crippen molar-refractivity contribution < 1.29 is 0 Å². The van der Waals surface area contributed by atoms with Crippen LogP contribution < -0.4 is 0 Å². The van der Waals surface area contributed by atoms with Crippen LogP contribution in [0.25, 0.3) is 0 Å². The third-order valence-corrected chi connectivity index (χ3v) is 6.14. The quantitative estimate of drug-likeness (QED) is 0.568. The smallest absolute Gasteiger partial charge is 0.0545 e. The fourth-order valence-electron chi connectivity index (χ4n) is 3.90. The van der Waals surface area contributed by atoms with Gasteiger partial charge in [-0.2, -0.15) is 0 Å². The summed E-state index contributed by atoms with van der Waals surface area (Å²) in [5, 5.41) is 0. The Bertz CT molecular complexity index is 614. The highest BCUT2D eigenvalue weighted by Crippen LogP contribution is 2.32. The lowest BCUT2D eigenvalue weighted by Crippen LogP contribution is -2.04. The van der Waals surface area contributed by atoms with Gasteiger partial charge in [0, 0.05) is 23.1 Å². The Kier molecular flexibility index (Phi) is 6.83. The molecule has 0 aliphatic heterocycles. The number of pyridine rings is 2. The summed E-state index contributed by atoms with van der Waals surface area (Å²) >= 11 is 3.62. The van der Waals surface area contributed by atoms with Gasteiger partial charge >= 0.3 is 0 Å². The second kappa shape index (κ2) is 9.31. The molecule has 2 unspecified atom stereocenters. The van der Waals surface area contributed by atoms with Crippen LogP contribution >= 0.6 is 15.9 Å². The van der Waals surface area contributed by atoms with E-state index in [1.807, 2.05) is 24.7 Å². The Hall–Kier alpha value is -1.22. The molecule has 0 N–H and O–H groups in total. The lowest BCUT2D eigenvalue weighted by molar-refractivity contribution is 0.397. The number of halogens is 1. The Labute approximate surface area is 154 Å². The van der Waals surface area contributed by atoms with E-state index < -0.39 is 0 Å². The van der Waals surface area contributed by atoms with Crippen molar-refractivity contribution in [1.82, 2.24) is 9.97 Å². The molecule has 0 aromatic carbocycles. The molecule has 0 radical (unpaired) electrons. The van der Waals surface area contributed by atoms with Crippen LogP contribution in [0.3, 0.4) is 0 Å². The van der Waals surface area contributed by atoms with Crippen LogP contribution in [0.1, 0.15) is 56.2 Å². The van der Waals surface area contributed by atoms with E-state index in [0.717, 1.165) is 22.7 Å². The zero-order valence-corrected chi connectivity index (χ0v) is 15.9. The summed E-state index contributed by atoms with van der Waals surface area (Å²) in [4.78, 5) is 8.62. The van der Waals surface area contributed by atoms with Gasteiger partial charge in [-0.1, -0.05) is 32.1 Å². The Morgan fingerprint density at radius 2 is 1.58 bits per heavy atom. The molecule has 2 nitrogen and oxygen atoms in total. The third-order valence-electron chi connectivity index (χ3n) is 5.42. The summed E-state index contributed by atoms with van der Waals surface area (Å²) in [6.45, 7) is 0. The molecule has 0 amide bonds. The van der Waals surface area contributed by atoms with Crippen LogP contribution in [0.5, 0.6) is 0 Å². The summed E-state index contributed by atoms with van der Waals surface area (Å²) in [6, 6.07) is 8.41. The van der Waals surface area contributed by atoms with E-state index in [-0.39, 0.29) is 0 Å². The van der Waals surface area contributed by atoms with Crippen LogP contribution in [-0.4, -0.2) is 9.97 Å². The molecule has 0 bridgehead atoms. The maximum atomic E-state index is 4.51. The second-order valence-corrected chi connectivity index (χ2v) is 7.96. The van der Waals surface area contributed by atoms with Crippen molar-refractivity contribution in [3.63, 3.8) is 0 Å². The van der Waals surface area contributed by atoms with Crippen molar-refractivity contribution in [1.29, 1.82) is 0 Å². The molecule has 24 heavy (non-hydrogen) atoms. The first-order valence-corrected chi connectivity index (χ1v) is 10.1. The molecular formula is C21H27BrN2. The van der Waals surface area contributed by atoms with E-state index in [0.29, 0.717) is 0 Å². The number of hydrogen-bond donors (Lipinski definition) is 0. The largest absolute Gasteiger partial charge is 0.265 e. The van der Waals surface area contributed by atoms with Crippen LogP contribution in [0.15, 0.2) is 47.3 Å². The van der Waals surface area contributed by atoms with E-state index in [1.54, 1.807) is 0 Å². The summed E-state index contributed by atoms with van der Waals surface area (Å²) in [7, 11) is 0. The Morgan fingerprint density at radius 3 is 2.29 bits per heavy atom. The van der Waals surface area contributed by atoms with Crippen LogP contribution in [0.4, 0.5) is 0 Å². The average Bonchev–Trinajstić information content (AvgIpc) is 2.85. The molecule has 1 aliphatic carbocycles. The minimum absolute atomic E-state index is 0.879. The van der Waals surface area contributed by atoms with Crippen molar-refractivity contribution in [2.75, 3.05) is 0 Å². The molecule has 2 aromatic rings. The van der Waals surface area contributed by atoms with Gasteiger partial charge in [-0.05, 0) is 83.3 Å². The standard InChI is InChI=1S/C21H27BrN2/c22-20-5-2-14-24-21(20)11-10-18-4-1-3-17(6-7-18)8-9-19-12-15-23-16-13-19/h2,5,12-18H,1,3-4,6-11H2. The summed E-state index contributed by atoms with van der Waals surface area (Å²) in [5.41, 5.74) is 2.65. The summed E-state index contributed by atoms with van der Waals surface area (Å²) in [5.74, 6) is 1.79. The van der Waals surface area contributed by atoms with Crippen molar-refractivity contribution in [2.24, 2.45) is 11.8 Å². The molecule has 2 aromatic heterocycles. The number of aromatic nitrogens is 2. The van der Waals surface area contributed by atoms with Gasteiger partial charge < -0.3 is 0 Å². The van der Waals surface area contributed by atoms with Gasteiger partial charge in [0.1, 0.15) is 0 Å². The topological polar surface area (TPSA) is 25.8 Å². The van der Waals surface area contributed by atoms with E-state index in [4.69, 9.17) is 0 Å². The average molecular weight is 387 g/mol. The van der Waals surface area contributed by atoms with Crippen molar-refractivity contribution in [2.45, 2.75) is 57.8 Å². The predicted molar refractivity (Wildman–Crippen MR) is 103 cm³/mol. The van der Waals surface area contributed by atoms with Crippen molar-refractivity contribution >= 4 is 15.9 Å². The first-order chi connectivity index (χ1) is 11.8. The van der Waals surface area contributed by atoms with E-state index in [2.05, 4.69) is 44.1 Å². The number of aryl methyl sites for hydroxylation is 2. The first-order valence-electron chi connectivity index (χ1n) is 9.29. The van der Waals surface area contributed by atoms with Crippen molar-refractivity contribution in [3.8, 4) is 0 Å². The molecule has 128 valence electrons. The molecule has 3 heteroatoms. The van der Waals surface area contributed by atoms with Crippen LogP contribution in [0.2, 0.25) is 0 Å². The second-order valence-electron chi connectivity index (χ2n) is 7.11. The molecule has 1 aliphatic rings. The van der Waals surface area contributed by atoms with Gasteiger partial charge in [-0.15, -0.1) is 0 Å². The van der Waals surface area contributed by atoms with Crippen molar-refractivity contribution in [3.05, 3.63) is 58.6 Å². The van der Waals surface area contributed by atoms with Crippen LogP contribution in [0, 0.1) is 11.8 Å². The molecule has 1 fully saturated rings. The number of rotatable bonds is 6. The summed E-state index contributed by atoms with van der Waals surface area (Å²) < 4.78 is 1.16.